The number of rotatable bonds is 7. The van der Waals surface area contributed by atoms with Crippen molar-refractivity contribution in [3.05, 3.63) is 59.7 Å². The van der Waals surface area contributed by atoms with Crippen LogP contribution in [0.2, 0.25) is 0 Å². The molecule has 1 aliphatic rings. The molecule has 0 saturated carbocycles. The lowest BCUT2D eigenvalue weighted by Gasteiger charge is -2.30. The highest BCUT2D eigenvalue weighted by Gasteiger charge is 2.24. The van der Waals surface area contributed by atoms with Gasteiger partial charge in [-0.3, -0.25) is 9.69 Å². The molecule has 0 unspecified atom stereocenters. The zero-order chi connectivity index (χ0) is 20.6. The third-order valence-electron chi connectivity index (χ3n) is 5.65. The van der Waals surface area contributed by atoms with Crippen molar-refractivity contribution >= 4 is 11.6 Å². The molecule has 2 aromatic carbocycles. The fourth-order valence-electron chi connectivity index (χ4n) is 3.91. The van der Waals surface area contributed by atoms with E-state index in [0.717, 1.165) is 36.4 Å². The summed E-state index contributed by atoms with van der Waals surface area (Å²) in [5.74, 6) is 0.953. The van der Waals surface area contributed by atoms with Crippen molar-refractivity contribution in [3.63, 3.8) is 0 Å². The largest absolute Gasteiger partial charge is 0.497 e. The molecular weight excluding hydrogens is 362 g/mol. The Morgan fingerprint density at radius 2 is 1.79 bits per heavy atom. The molecule has 1 atom stereocenters. The third kappa shape index (κ3) is 5.97. The van der Waals surface area contributed by atoms with Gasteiger partial charge in [0.15, 0.2) is 0 Å². The number of nitrogens with zero attached hydrogens (tertiary/aromatic N) is 2. The molecule has 1 heterocycles. The van der Waals surface area contributed by atoms with Gasteiger partial charge in [-0.05, 0) is 54.8 Å². The van der Waals surface area contributed by atoms with Crippen molar-refractivity contribution < 1.29 is 9.53 Å². The lowest BCUT2D eigenvalue weighted by molar-refractivity contribution is -0.123. The van der Waals surface area contributed by atoms with Crippen LogP contribution in [0.15, 0.2) is 48.5 Å². The Morgan fingerprint density at radius 1 is 1.07 bits per heavy atom. The summed E-state index contributed by atoms with van der Waals surface area (Å²) in [5, 5.41) is 3.09. The van der Waals surface area contributed by atoms with Crippen molar-refractivity contribution in [3.8, 4) is 5.75 Å². The molecular formula is C24H33N3O2. The third-order valence-corrected chi connectivity index (χ3v) is 5.65. The standard InChI is InChI=1S/C24H33N3O2/c1-26(2)21-12-8-19(9-13-21)17-25-24(28)18-27-16-6-4-5-7-23(27)20-10-14-22(29-3)15-11-20/h8-15,23H,4-7,16-18H2,1-3H3,(H,25,28)/t23-/m1/s1. The molecule has 1 saturated heterocycles. The summed E-state index contributed by atoms with van der Waals surface area (Å²) in [6.07, 6.45) is 4.66. The first kappa shape index (κ1) is 21.2. The number of likely N-dealkylation sites (tertiary alicyclic amines) is 1. The maximum Gasteiger partial charge on any atom is 0.234 e. The SMILES string of the molecule is COc1ccc([C@H]2CCCCCN2CC(=O)NCc2ccc(N(C)C)cc2)cc1. The van der Waals surface area contributed by atoms with Crippen LogP contribution < -0.4 is 15.0 Å². The molecule has 156 valence electrons. The second kappa shape index (κ2) is 10.3. The van der Waals surface area contributed by atoms with Gasteiger partial charge in [0.1, 0.15) is 5.75 Å². The summed E-state index contributed by atoms with van der Waals surface area (Å²) in [6, 6.07) is 16.9. The van der Waals surface area contributed by atoms with Gasteiger partial charge in [-0.25, -0.2) is 0 Å². The molecule has 29 heavy (non-hydrogen) atoms. The van der Waals surface area contributed by atoms with E-state index in [9.17, 15) is 4.79 Å². The van der Waals surface area contributed by atoms with Gasteiger partial charge in [0.25, 0.3) is 0 Å². The highest BCUT2D eigenvalue weighted by Crippen LogP contribution is 2.30. The number of hydrogen-bond acceptors (Lipinski definition) is 4. The average Bonchev–Trinajstić information content (AvgIpc) is 2.98. The number of methoxy groups -OCH3 is 1. The Hall–Kier alpha value is -2.53. The summed E-state index contributed by atoms with van der Waals surface area (Å²) < 4.78 is 5.29. The van der Waals surface area contributed by atoms with Crippen LogP contribution in [0.1, 0.15) is 42.9 Å². The van der Waals surface area contributed by atoms with E-state index in [1.165, 1.54) is 18.4 Å². The first-order valence-corrected chi connectivity index (χ1v) is 10.5. The van der Waals surface area contributed by atoms with Crippen LogP contribution in [-0.2, 0) is 11.3 Å². The Bertz CT molecular complexity index is 772. The summed E-state index contributed by atoms with van der Waals surface area (Å²) in [5.41, 5.74) is 3.54. The average molecular weight is 396 g/mol. The molecule has 1 amide bonds. The van der Waals surface area contributed by atoms with E-state index in [4.69, 9.17) is 4.74 Å². The number of carbonyl (C=O) groups excluding carboxylic acids is 1. The van der Waals surface area contributed by atoms with Crippen molar-refractivity contribution in [2.24, 2.45) is 0 Å². The number of nitrogens with one attached hydrogen (secondary N) is 1. The number of ether oxygens (including phenoxy) is 1. The molecule has 0 bridgehead atoms. The van der Waals surface area contributed by atoms with Crippen molar-refractivity contribution in [1.29, 1.82) is 0 Å². The van der Waals surface area contributed by atoms with Crippen molar-refractivity contribution in [1.82, 2.24) is 10.2 Å². The summed E-state index contributed by atoms with van der Waals surface area (Å²) in [7, 11) is 5.74. The van der Waals surface area contributed by atoms with E-state index in [2.05, 4.69) is 51.5 Å². The smallest absolute Gasteiger partial charge is 0.234 e. The maximum absolute atomic E-state index is 12.7. The van der Waals surface area contributed by atoms with E-state index < -0.39 is 0 Å². The highest BCUT2D eigenvalue weighted by molar-refractivity contribution is 5.78. The molecule has 5 heteroatoms. The monoisotopic (exact) mass is 395 g/mol. The Morgan fingerprint density at radius 3 is 2.45 bits per heavy atom. The fourth-order valence-corrected chi connectivity index (χ4v) is 3.91. The lowest BCUT2D eigenvalue weighted by atomic mass is 10.0. The van der Waals surface area contributed by atoms with Crippen LogP contribution in [0.5, 0.6) is 5.75 Å². The van der Waals surface area contributed by atoms with Crippen LogP contribution in [0.3, 0.4) is 0 Å². The quantitative estimate of drug-likeness (QED) is 0.770. The van der Waals surface area contributed by atoms with E-state index in [0.29, 0.717) is 13.1 Å². The van der Waals surface area contributed by atoms with Crippen molar-refractivity contribution in [2.75, 3.05) is 39.2 Å². The molecule has 0 aromatic heterocycles. The molecule has 0 spiro atoms. The van der Waals surface area contributed by atoms with Gasteiger partial charge in [-0.2, -0.15) is 0 Å². The van der Waals surface area contributed by atoms with E-state index in [-0.39, 0.29) is 11.9 Å². The molecule has 0 aliphatic carbocycles. The zero-order valence-corrected chi connectivity index (χ0v) is 17.9. The number of amides is 1. The van der Waals surface area contributed by atoms with Crippen LogP contribution in [0.25, 0.3) is 0 Å². The van der Waals surface area contributed by atoms with Crippen LogP contribution in [-0.4, -0.2) is 45.1 Å². The number of benzene rings is 2. The van der Waals surface area contributed by atoms with E-state index >= 15 is 0 Å². The van der Waals surface area contributed by atoms with Crippen LogP contribution in [0, 0.1) is 0 Å². The van der Waals surface area contributed by atoms with Crippen LogP contribution >= 0.6 is 0 Å². The fraction of sp³-hybridized carbons (Fsp3) is 0.458. The minimum atomic E-state index is 0.0853. The predicted molar refractivity (Wildman–Crippen MR) is 118 cm³/mol. The number of carbonyl (C=O) groups is 1. The van der Waals surface area contributed by atoms with Gasteiger partial charge >= 0.3 is 0 Å². The maximum atomic E-state index is 12.7. The molecule has 1 fully saturated rings. The number of anilines is 1. The summed E-state index contributed by atoms with van der Waals surface area (Å²) in [6.45, 7) is 1.96. The van der Waals surface area contributed by atoms with Crippen molar-refractivity contribution in [2.45, 2.75) is 38.3 Å². The van der Waals surface area contributed by atoms with E-state index in [1.807, 2.05) is 26.2 Å². The zero-order valence-electron chi connectivity index (χ0n) is 17.9. The molecule has 2 aromatic rings. The first-order chi connectivity index (χ1) is 14.1. The second-order valence-electron chi connectivity index (χ2n) is 7.95. The Balaban J connectivity index is 1.59. The Labute approximate surface area is 174 Å². The van der Waals surface area contributed by atoms with Gasteiger partial charge in [-0.1, -0.05) is 37.1 Å². The van der Waals surface area contributed by atoms with Gasteiger partial charge in [0, 0.05) is 32.4 Å². The molecule has 1 aliphatic heterocycles. The second-order valence-corrected chi connectivity index (χ2v) is 7.95. The topological polar surface area (TPSA) is 44.8 Å². The highest BCUT2D eigenvalue weighted by atomic mass is 16.5. The molecule has 5 nitrogen and oxygen atoms in total. The van der Waals surface area contributed by atoms with E-state index in [1.54, 1.807) is 7.11 Å². The summed E-state index contributed by atoms with van der Waals surface area (Å²) in [4.78, 5) is 17.1. The molecule has 3 rings (SSSR count). The van der Waals surface area contributed by atoms with Gasteiger partial charge in [-0.15, -0.1) is 0 Å². The van der Waals surface area contributed by atoms with Crippen LogP contribution in [0.4, 0.5) is 5.69 Å². The first-order valence-electron chi connectivity index (χ1n) is 10.5. The Kier molecular flexibility index (Phi) is 7.53. The van der Waals surface area contributed by atoms with Gasteiger partial charge in [0.05, 0.1) is 13.7 Å². The minimum absolute atomic E-state index is 0.0853. The van der Waals surface area contributed by atoms with Gasteiger partial charge < -0.3 is 15.0 Å². The predicted octanol–water partition coefficient (Wildman–Crippen LogP) is 3.99. The summed E-state index contributed by atoms with van der Waals surface area (Å²) >= 11 is 0. The normalized spacial score (nSPS) is 17.4. The lowest BCUT2D eigenvalue weighted by Crippen LogP contribution is -2.39. The van der Waals surface area contributed by atoms with Gasteiger partial charge in [0.2, 0.25) is 5.91 Å². The minimum Gasteiger partial charge on any atom is -0.497 e. The number of hydrogen-bond donors (Lipinski definition) is 1. The molecule has 1 N–H and O–H groups in total. The molecule has 0 radical (unpaired) electrons.